The van der Waals surface area contributed by atoms with E-state index in [1.165, 1.54) is 67.1 Å². The van der Waals surface area contributed by atoms with Crippen molar-refractivity contribution in [3.8, 4) is 0 Å². The van der Waals surface area contributed by atoms with Crippen molar-refractivity contribution in [2.24, 2.45) is 11.7 Å². The molecule has 0 saturated carbocycles. The first-order valence-electron chi connectivity index (χ1n) is 8.18. The van der Waals surface area contributed by atoms with E-state index in [1.54, 1.807) is 0 Å². The molecule has 21 heavy (non-hydrogen) atoms. The number of hydrogen-bond acceptors (Lipinski definition) is 4. The van der Waals surface area contributed by atoms with E-state index < -0.39 is 0 Å². The molecule has 0 aromatic carbocycles. The molecule has 3 rings (SSSR count). The van der Waals surface area contributed by atoms with Gasteiger partial charge in [0.05, 0.1) is 9.83 Å². The van der Waals surface area contributed by atoms with E-state index in [2.05, 4.69) is 37.9 Å². The third-order valence-corrected chi connectivity index (χ3v) is 6.68. The minimum Gasteiger partial charge on any atom is -0.329 e. The van der Waals surface area contributed by atoms with Gasteiger partial charge in [0.25, 0.3) is 0 Å². The van der Waals surface area contributed by atoms with Crippen molar-refractivity contribution in [3.05, 3.63) is 20.8 Å². The summed E-state index contributed by atoms with van der Waals surface area (Å²) in [7, 11) is 0. The SMILES string of the molecule is NCC(c1ccc(Br)s1)N1CCC(CN2CCCC2)CC1. The van der Waals surface area contributed by atoms with Crippen LogP contribution in [0.1, 0.15) is 36.6 Å². The topological polar surface area (TPSA) is 32.5 Å². The van der Waals surface area contributed by atoms with Crippen molar-refractivity contribution in [1.29, 1.82) is 0 Å². The zero-order chi connectivity index (χ0) is 14.7. The molecule has 3 heterocycles. The lowest BCUT2D eigenvalue weighted by Gasteiger charge is -2.37. The van der Waals surface area contributed by atoms with Gasteiger partial charge in [-0.15, -0.1) is 11.3 Å². The van der Waals surface area contributed by atoms with Crippen LogP contribution in [0.5, 0.6) is 0 Å². The molecular formula is C16H26BrN3S. The summed E-state index contributed by atoms with van der Waals surface area (Å²) in [5.74, 6) is 0.896. The number of halogens is 1. The first-order chi connectivity index (χ1) is 10.3. The van der Waals surface area contributed by atoms with Gasteiger partial charge >= 0.3 is 0 Å². The van der Waals surface area contributed by atoms with Crippen LogP contribution in [0, 0.1) is 5.92 Å². The van der Waals surface area contributed by atoms with Crippen molar-refractivity contribution in [1.82, 2.24) is 9.80 Å². The van der Waals surface area contributed by atoms with Gasteiger partial charge in [-0.3, -0.25) is 4.90 Å². The van der Waals surface area contributed by atoms with Crippen LogP contribution in [-0.2, 0) is 0 Å². The molecule has 0 amide bonds. The van der Waals surface area contributed by atoms with Gasteiger partial charge < -0.3 is 10.6 Å². The van der Waals surface area contributed by atoms with E-state index in [0.29, 0.717) is 6.04 Å². The molecule has 0 spiro atoms. The molecule has 3 nitrogen and oxygen atoms in total. The Labute approximate surface area is 140 Å². The molecule has 1 unspecified atom stereocenters. The standard InChI is InChI=1S/C16H26BrN3S/c17-16-4-3-15(21-16)14(11-18)20-9-5-13(6-10-20)12-19-7-1-2-8-19/h3-4,13-14H,1-2,5-12,18H2. The fourth-order valence-corrected chi connectivity index (χ4v) is 5.30. The smallest absolute Gasteiger partial charge is 0.0702 e. The third-order valence-electron chi connectivity index (χ3n) is 4.95. The van der Waals surface area contributed by atoms with E-state index in [4.69, 9.17) is 5.73 Å². The van der Waals surface area contributed by atoms with E-state index in [1.807, 2.05) is 11.3 Å². The maximum absolute atomic E-state index is 6.05. The van der Waals surface area contributed by atoms with Crippen LogP contribution < -0.4 is 5.73 Å². The van der Waals surface area contributed by atoms with Gasteiger partial charge in [-0.2, -0.15) is 0 Å². The Hall–Kier alpha value is 0.0600. The molecule has 2 fully saturated rings. The van der Waals surface area contributed by atoms with Crippen molar-refractivity contribution >= 4 is 27.3 Å². The van der Waals surface area contributed by atoms with Crippen LogP contribution in [0.3, 0.4) is 0 Å². The summed E-state index contributed by atoms with van der Waals surface area (Å²) in [6.07, 6.45) is 5.47. The average molecular weight is 372 g/mol. The minimum absolute atomic E-state index is 0.411. The minimum atomic E-state index is 0.411. The van der Waals surface area contributed by atoms with E-state index >= 15 is 0 Å². The lowest BCUT2D eigenvalue weighted by atomic mass is 9.95. The normalized spacial score (nSPS) is 23.7. The second-order valence-corrected chi connectivity index (χ2v) is 8.88. The van der Waals surface area contributed by atoms with Gasteiger partial charge in [-0.1, -0.05) is 0 Å². The number of hydrogen-bond donors (Lipinski definition) is 1. The average Bonchev–Trinajstić information content (AvgIpc) is 3.14. The third kappa shape index (κ3) is 4.08. The van der Waals surface area contributed by atoms with Crippen molar-refractivity contribution in [3.63, 3.8) is 0 Å². The van der Waals surface area contributed by atoms with Crippen LogP contribution in [-0.4, -0.2) is 49.1 Å². The highest BCUT2D eigenvalue weighted by molar-refractivity contribution is 9.11. The van der Waals surface area contributed by atoms with Gasteiger partial charge in [0.2, 0.25) is 0 Å². The summed E-state index contributed by atoms with van der Waals surface area (Å²) in [5.41, 5.74) is 6.05. The molecule has 1 aromatic rings. The van der Waals surface area contributed by atoms with Gasteiger partial charge in [0.15, 0.2) is 0 Å². The molecule has 2 aliphatic rings. The second-order valence-electron chi connectivity index (χ2n) is 6.38. The van der Waals surface area contributed by atoms with Crippen LogP contribution in [0.2, 0.25) is 0 Å². The van der Waals surface area contributed by atoms with Crippen LogP contribution in [0.4, 0.5) is 0 Å². The largest absolute Gasteiger partial charge is 0.329 e. The highest BCUT2D eigenvalue weighted by Crippen LogP contribution is 2.33. The lowest BCUT2D eigenvalue weighted by Crippen LogP contribution is -2.41. The fourth-order valence-electron chi connectivity index (χ4n) is 3.73. The van der Waals surface area contributed by atoms with Crippen LogP contribution in [0.15, 0.2) is 15.9 Å². The first kappa shape index (κ1) is 15.9. The molecule has 2 aliphatic heterocycles. The maximum Gasteiger partial charge on any atom is 0.0702 e. The number of nitrogens with zero attached hydrogens (tertiary/aromatic N) is 2. The Balaban J connectivity index is 1.51. The zero-order valence-corrected chi connectivity index (χ0v) is 15.0. The molecule has 0 bridgehead atoms. The van der Waals surface area contributed by atoms with Crippen molar-refractivity contribution in [2.45, 2.75) is 31.7 Å². The number of thiophene rings is 1. The molecule has 5 heteroatoms. The molecule has 2 saturated heterocycles. The second kappa shape index (κ2) is 7.55. The summed E-state index contributed by atoms with van der Waals surface area (Å²) in [5, 5.41) is 0. The fraction of sp³-hybridized carbons (Fsp3) is 0.750. The van der Waals surface area contributed by atoms with E-state index in [-0.39, 0.29) is 0 Å². The summed E-state index contributed by atoms with van der Waals surface area (Å²) >= 11 is 5.39. The molecular weight excluding hydrogens is 346 g/mol. The van der Waals surface area contributed by atoms with Gasteiger partial charge in [0.1, 0.15) is 0 Å². The number of piperidine rings is 1. The Morgan fingerprint density at radius 1 is 1.19 bits per heavy atom. The predicted octanol–water partition coefficient (Wildman–Crippen LogP) is 3.32. The zero-order valence-electron chi connectivity index (χ0n) is 12.6. The summed E-state index contributed by atoms with van der Waals surface area (Å²) in [6, 6.07) is 4.78. The lowest BCUT2D eigenvalue weighted by molar-refractivity contribution is 0.119. The maximum atomic E-state index is 6.05. The number of rotatable bonds is 5. The Morgan fingerprint density at radius 3 is 2.48 bits per heavy atom. The quantitative estimate of drug-likeness (QED) is 0.861. The molecule has 0 aliphatic carbocycles. The Kier molecular flexibility index (Phi) is 5.73. The van der Waals surface area contributed by atoms with E-state index in [9.17, 15) is 0 Å². The van der Waals surface area contributed by atoms with Crippen LogP contribution >= 0.6 is 27.3 Å². The van der Waals surface area contributed by atoms with Crippen LogP contribution in [0.25, 0.3) is 0 Å². The molecule has 1 atom stereocenters. The van der Waals surface area contributed by atoms with Gasteiger partial charge in [-0.25, -0.2) is 0 Å². The monoisotopic (exact) mass is 371 g/mol. The molecule has 118 valence electrons. The summed E-state index contributed by atoms with van der Waals surface area (Å²) < 4.78 is 1.21. The van der Waals surface area contributed by atoms with Crippen molar-refractivity contribution < 1.29 is 0 Å². The predicted molar refractivity (Wildman–Crippen MR) is 93.8 cm³/mol. The first-order valence-corrected chi connectivity index (χ1v) is 9.79. The summed E-state index contributed by atoms with van der Waals surface area (Å²) in [6.45, 7) is 7.12. The Bertz CT molecular complexity index is 436. The summed E-state index contributed by atoms with van der Waals surface area (Å²) in [4.78, 5) is 6.66. The van der Waals surface area contributed by atoms with Gasteiger partial charge in [0, 0.05) is 18.0 Å². The highest BCUT2D eigenvalue weighted by atomic mass is 79.9. The van der Waals surface area contributed by atoms with E-state index in [0.717, 1.165) is 12.5 Å². The highest BCUT2D eigenvalue weighted by Gasteiger charge is 2.27. The molecule has 2 N–H and O–H groups in total. The Morgan fingerprint density at radius 2 is 1.90 bits per heavy atom. The number of likely N-dealkylation sites (tertiary alicyclic amines) is 2. The van der Waals surface area contributed by atoms with Gasteiger partial charge in [-0.05, 0) is 85.8 Å². The molecule has 1 aromatic heterocycles. The van der Waals surface area contributed by atoms with Crippen molar-refractivity contribution in [2.75, 3.05) is 39.3 Å². The number of nitrogens with two attached hydrogens (primary N) is 1. The molecule has 0 radical (unpaired) electrons.